The molecule has 3 amide bonds. The number of fused-ring (bicyclic) bond motifs is 1. The molecular formula is C28H33N3O3. The summed E-state index contributed by atoms with van der Waals surface area (Å²) in [4.78, 5) is 42.8. The molecule has 6 heteroatoms. The summed E-state index contributed by atoms with van der Waals surface area (Å²) >= 11 is 0. The molecule has 1 N–H and O–H groups in total. The normalized spacial score (nSPS) is 23.7. The maximum Gasteiger partial charge on any atom is 0.261 e. The fourth-order valence-electron chi connectivity index (χ4n) is 5.80. The highest BCUT2D eigenvalue weighted by molar-refractivity contribution is 6.21. The third kappa shape index (κ3) is 4.78. The molecule has 0 bridgehead atoms. The van der Waals surface area contributed by atoms with Crippen molar-refractivity contribution in [3.05, 3.63) is 71.3 Å². The summed E-state index contributed by atoms with van der Waals surface area (Å²) in [6, 6.07) is 17.7. The number of rotatable bonds is 6. The van der Waals surface area contributed by atoms with Crippen LogP contribution in [-0.4, -0.2) is 53.2 Å². The van der Waals surface area contributed by atoms with Gasteiger partial charge in [-0.25, -0.2) is 0 Å². The maximum atomic E-state index is 13.3. The first kappa shape index (κ1) is 22.8. The summed E-state index contributed by atoms with van der Waals surface area (Å²) in [7, 11) is 0. The van der Waals surface area contributed by atoms with E-state index >= 15 is 0 Å². The Bertz CT molecular complexity index is 1010. The van der Waals surface area contributed by atoms with Crippen molar-refractivity contribution in [2.75, 3.05) is 19.6 Å². The van der Waals surface area contributed by atoms with Crippen molar-refractivity contribution in [2.24, 2.45) is 11.8 Å². The lowest BCUT2D eigenvalue weighted by atomic mass is 9.78. The standard InChI is InChI=1S/C28H33N3O3/c32-26(29-22-14-16-30(17-15-22)18-20-8-2-1-3-9-20)23-11-5-4-10-21(23)19-31-27(33)24-12-6-7-13-25(24)28(31)34/h1-3,6-9,12-13,21-23H,4-5,10-11,14-19H2,(H,29,32). The zero-order chi connectivity index (χ0) is 23.5. The number of imide groups is 1. The van der Waals surface area contributed by atoms with Crippen molar-refractivity contribution < 1.29 is 14.4 Å². The molecule has 2 fully saturated rings. The van der Waals surface area contributed by atoms with E-state index < -0.39 is 0 Å². The van der Waals surface area contributed by atoms with Crippen molar-refractivity contribution in [1.29, 1.82) is 0 Å². The molecule has 2 aromatic rings. The van der Waals surface area contributed by atoms with Gasteiger partial charge in [0.1, 0.15) is 0 Å². The highest BCUT2D eigenvalue weighted by atomic mass is 16.2. The van der Waals surface area contributed by atoms with Crippen LogP contribution in [0.2, 0.25) is 0 Å². The molecule has 34 heavy (non-hydrogen) atoms. The second-order valence-electron chi connectivity index (χ2n) is 9.96. The molecule has 6 nitrogen and oxygen atoms in total. The Labute approximate surface area is 201 Å². The molecule has 2 aliphatic heterocycles. The number of likely N-dealkylation sites (tertiary alicyclic amines) is 1. The zero-order valence-corrected chi connectivity index (χ0v) is 19.6. The van der Waals surface area contributed by atoms with Gasteiger partial charge in [0.05, 0.1) is 11.1 Å². The topological polar surface area (TPSA) is 69.7 Å². The molecule has 2 aromatic carbocycles. The smallest absolute Gasteiger partial charge is 0.261 e. The number of hydrogen-bond donors (Lipinski definition) is 1. The summed E-state index contributed by atoms with van der Waals surface area (Å²) in [5.74, 6) is -0.468. The third-order valence-electron chi connectivity index (χ3n) is 7.72. The van der Waals surface area contributed by atoms with Crippen LogP contribution in [0.4, 0.5) is 0 Å². The van der Waals surface area contributed by atoms with Crippen molar-refractivity contribution in [3.8, 4) is 0 Å². The maximum absolute atomic E-state index is 13.3. The summed E-state index contributed by atoms with van der Waals surface area (Å²) < 4.78 is 0. The predicted molar refractivity (Wildman–Crippen MR) is 130 cm³/mol. The summed E-state index contributed by atoms with van der Waals surface area (Å²) in [5.41, 5.74) is 2.28. The Morgan fingerprint density at radius 1 is 0.824 bits per heavy atom. The van der Waals surface area contributed by atoms with Crippen LogP contribution < -0.4 is 5.32 Å². The van der Waals surface area contributed by atoms with Gasteiger partial charge in [-0.05, 0) is 49.3 Å². The molecule has 3 aliphatic rings. The SMILES string of the molecule is O=C(NC1CCN(Cc2ccccc2)CC1)C1CCCCC1CN1C(=O)c2ccccc2C1=O. The van der Waals surface area contributed by atoms with Gasteiger partial charge in [-0.15, -0.1) is 0 Å². The predicted octanol–water partition coefficient (Wildman–Crippen LogP) is 3.87. The van der Waals surface area contributed by atoms with E-state index in [1.54, 1.807) is 24.3 Å². The molecule has 5 rings (SSSR count). The minimum absolute atomic E-state index is 0.0223. The molecule has 1 saturated heterocycles. The number of piperidine rings is 1. The second-order valence-corrected chi connectivity index (χ2v) is 9.96. The van der Waals surface area contributed by atoms with E-state index in [1.165, 1.54) is 10.5 Å². The molecule has 0 spiro atoms. The number of amides is 3. The quantitative estimate of drug-likeness (QED) is 0.666. The second kappa shape index (κ2) is 10.1. The van der Waals surface area contributed by atoms with Gasteiger partial charge in [0.2, 0.25) is 5.91 Å². The Hall–Kier alpha value is -2.99. The highest BCUT2D eigenvalue weighted by Crippen LogP contribution is 2.33. The largest absolute Gasteiger partial charge is 0.353 e. The number of hydrogen-bond acceptors (Lipinski definition) is 4. The minimum atomic E-state index is -0.226. The zero-order valence-electron chi connectivity index (χ0n) is 19.6. The first-order valence-electron chi connectivity index (χ1n) is 12.6. The molecule has 0 aromatic heterocycles. The number of nitrogens with one attached hydrogen (secondary N) is 1. The highest BCUT2D eigenvalue weighted by Gasteiger charge is 2.40. The number of carbonyl (C=O) groups excluding carboxylic acids is 3. The van der Waals surface area contributed by atoms with Gasteiger partial charge < -0.3 is 5.32 Å². The van der Waals surface area contributed by atoms with E-state index in [1.807, 2.05) is 6.07 Å². The van der Waals surface area contributed by atoms with E-state index in [-0.39, 0.29) is 35.6 Å². The lowest BCUT2D eigenvalue weighted by Gasteiger charge is -2.36. The van der Waals surface area contributed by atoms with E-state index in [0.29, 0.717) is 17.7 Å². The van der Waals surface area contributed by atoms with Gasteiger partial charge in [-0.2, -0.15) is 0 Å². The molecule has 1 aliphatic carbocycles. The average molecular weight is 460 g/mol. The van der Waals surface area contributed by atoms with E-state index in [9.17, 15) is 14.4 Å². The Balaban J connectivity index is 1.16. The van der Waals surface area contributed by atoms with Gasteiger partial charge in [0.15, 0.2) is 0 Å². The van der Waals surface area contributed by atoms with E-state index in [0.717, 1.165) is 58.2 Å². The van der Waals surface area contributed by atoms with Gasteiger partial charge in [0.25, 0.3) is 11.8 Å². The monoisotopic (exact) mass is 459 g/mol. The molecule has 2 heterocycles. The number of nitrogens with zero attached hydrogens (tertiary/aromatic N) is 2. The molecular weight excluding hydrogens is 426 g/mol. The third-order valence-corrected chi connectivity index (χ3v) is 7.72. The van der Waals surface area contributed by atoms with Crippen molar-refractivity contribution >= 4 is 17.7 Å². The molecule has 2 atom stereocenters. The van der Waals surface area contributed by atoms with Crippen LogP contribution in [0, 0.1) is 11.8 Å². The number of carbonyl (C=O) groups is 3. The van der Waals surface area contributed by atoms with Crippen LogP contribution in [-0.2, 0) is 11.3 Å². The summed E-state index contributed by atoms with van der Waals surface area (Å²) in [6.07, 6.45) is 5.66. The lowest BCUT2D eigenvalue weighted by Crippen LogP contribution is -2.49. The first-order chi connectivity index (χ1) is 16.6. The van der Waals surface area contributed by atoms with Crippen molar-refractivity contribution in [3.63, 3.8) is 0 Å². The van der Waals surface area contributed by atoms with Gasteiger partial charge in [0, 0.05) is 38.1 Å². The van der Waals surface area contributed by atoms with Crippen LogP contribution in [0.15, 0.2) is 54.6 Å². The summed E-state index contributed by atoms with van der Waals surface area (Å²) in [5, 5.41) is 3.31. The Morgan fingerprint density at radius 3 is 2.12 bits per heavy atom. The first-order valence-corrected chi connectivity index (χ1v) is 12.6. The van der Waals surface area contributed by atoms with Gasteiger partial charge in [-0.1, -0.05) is 55.3 Å². The van der Waals surface area contributed by atoms with E-state index in [4.69, 9.17) is 0 Å². The van der Waals surface area contributed by atoms with Crippen molar-refractivity contribution in [1.82, 2.24) is 15.1 Å². The van der Waals surface area contributed by atoms with Crippen LogP contribution in [0.1, 0.15) is 64.8 Å². The fourth-order valence-corrected chi connectivity index (χ4v) is 5.80. The van der Waals surface area contributed by atoms with Crippen LogP contribution in [0.3, 0.4) is 0 Å². The summed E-state index contributed by atoms with van der Waals surface area (Å²) in [6.45, 7) is 3.23. The van der Waals surface area contributed by atoms with Crippen molar-refractivity contribution in [2.45, 2.75) is 51.1 Å². The molecule has 178 valence electrons. The fraction of sp³-hybridized carbons (Fsp3) is 0.464. The Kier molecular flexibility index (Phi) is 6.77. The van der Waals surface area contributed by atoms with Gasteiger partial charge in [-0.3, -0.25) is 24.2 Å². The Morgan fingerprint density at radius 2 is 1.44 bits per heavy atom. The molecule has 1 saturated carbocycles. The minimum Gasteiger partial charge on any atom is -0.353 e. The van der Waals surface area contributed by atoms with E-state index in [2.05, 4.69) is 34.5 Å². The van der Waals surface area contributed by atoms with Gasteiger partial charge >= 0.3 is 0 Å². The average Bonchev–Trinajstić information content (AvgIpc) is 3.11. The van der Waals surface area contributed by atoms with Crippen LogP contribution in [0.25, 0.3) is 0 Å². The van der Waals surface area contributed by atoms with Crippen LogP contribution in [0.5, 0.6) is 0 Å². The van der Waals surface area contributed by atoms with Crippen LogP contribution >= 0.6 is 0 Å². The number of benzene rings is 2. The lowest BCUT2D eigenvalue weighted by molar-refractivity contribution is -0.129. The molecule has 0 radical (unpaired) electrons. The molecule has 2 unspecified atom stereocenters.